The van der Waals surface area contributed by atoms with E-state index in [0.29, 0.717) is 24.5 Å². The van der Waals surface area contributed by atoms with E-state index in [0.717, 1.165) is 42.8 Å². The summed E-state index contributed by atoms with van der Waals surface area (Å²) in [5.74, 6) is 3.28. The molecule has 2 atom stereocenters. The fraction of sp³-hybridized carbons (Fsp3) is 0.571. The third-order valence-electron chi connectivity index (χ3n) is 5.34. The number of pyridine rings is 1. The fourth-order valence-corrected chi connectivity index (χ4v) is 3.55. The third-order valence-corrected chi connectivity index (χ3v) is 5.34. The van der Waals surface area contributed by atoms with Crippen molar-refractivity contribution < 1.29 is 0 Å². The van der Waals surface area contributed by atoms with Crippen LogP contribution in [0.1, 0.15) is 39.1 Å². The van der Waals surface area contributed by atoms with Crippen LogP contribution in [-0.4, -0.2) is 57.1 Å². The maximum Gasteiger partial charge on any atom is 0.191 e. The highest BCUT2D eigenvalue weighted by Crippen LogP contribution is 2.18. The molecule has 0 saturated carbocycles. The Morgan fingerprint density at radius 2 is 2.11 bits per heavy atom. The van der Waals surface area contributed by atoms with Gasteiger partial charge in [0.2, 0.25) is 0 Å². The maximum absolute atomic E-state index is 4.78. The van der Waals surface area contributed by atoms with Gasteiger partial charge in [0, 0.05) is 50.3 Å². The van der Waals surface area contributed by atoms with E-state index in [1.54, 1.807) is 6.20 Å². The van der Waals surface area contributed by atoms with Crippen LogP contribution in [0.5, 0.6) is 0 Å². The molecule has 0 radical (unpaired) electrons. The van der Waals surface area contributed by atoms with E-state index < -0.39 is 0 Å². The molecule has 0 spiro atoms. The average molecular weight is 384 g/mol. The first-order valence-corrected chi connectivity index (χ1v) is 10.2. The number of hydrogen-bond donors (Lipinski definition) is 2. The van der Waals surface area contributed by atoms with E-state index in [4.69, 9.17) is 4.99 Å². The summed E-state index contributed by atoms with van der Waals surface area (Å²) < 4.78 is 1.97. The lowest BCUT2D eigenvalue weighted by Gasteiger charge is -2.22. The van der Waals surface area contributed by atoms with Gasteiger partial charge in [-0.15, -0.1) is 0 Å². The van der Waals surface area contributed by atoms with Gasteiger partial charge in [-0.25, -0.2) is 15.0 Å². The van der Waals surface area contributed by atoms with Gasteiger partial charge in [-0.3, -0.25) is 9.47 Å². The summed E-state index contributed by atoms with van der Waals surface area (Å²) in [7, 11) is 0. The predicted molar refractivity (Wildman–Crippen MR) is 114 cm³/mol. The molecule has 2 unspecified atom stereocenters. The van der Waals surface area contributed by atoms with Crippen molar-refractivity contribution in [2.75, 3.05) is 19.6 Å². The SMILES string of the molecule is CCNC(=NCc1ccc(-n2ccnc2C)nc1)NC1CN(C(C)C)CC1C. The monoisotopic (exact) mass is 383 g/mol. The second-order valence-corrected chi connectivity index (χ2v) is 7.84. The molecule has 7 nitrogen and oxygen atoms in total. The third kappa shape index (κ3) is 4.90. The number of aryl methyl sites for hydroxylation is 1. The lowest BCUT2D eigenvalue weighted by atomic mass is 10.1. The second-order valence-electron chi connectivity index (χ2n) is 7.84. The largest absolute Gasteiger partial charge is 0.357 e. The Kier molecular flexibility index (Phi) is 6.67. The van der Waals surface area contributed by atoms with Crippen molar-refractivity contribution in [3.8, 4) is 5.82 Å². The second kappa shape index (κ2) is 9.19. The Morgan fingerprint density at radius 3 is 2.68 bits per heavy atom. The molecule has 0 amide bonds. The van der Waals surface area contributed by atoms with Gasteiger partial charge in [0.1, 0.15) is 11.6 Å². The molecule has 3 rings (SSSR count). The molecule has 2 aromatic rings. The summed E-state index contributed by atoms with van der Waals surface area (Å²) in [5.41, 5.74) is 1.09. The molecule has 0 aliphatic carbocycles. The summed E-state index contributed by atoms with van der Waals surface area (Å²) in [5, 5.41) is 7.00. The van der Waals surface area contributed by atoms with Crippen LogP contribution in [0.2, 0.25) is 0 Å². The van der Waals surface area contributed by atoms with Gasteiger partial charge in [-0.2, -0.15) is 0 Å². The summed E-state index contributed by atoms with van der Waals surface area (Å²) >= 11 is 0. The molecule has 7 heteroatoms. The van der Waals surface area contributed by atoms with Crippen molar-refractivity contribution in [3.63, 3.8) is 0 Å². The minimum Gasteiger partial charge on any atom is -0.357 e. The molecular weight excluding hydrogens is 350 g/mol. The van der Waals surface area contributed by atoms with Crippen molar-refractivity contribution in [2.45, 2.75) is 53.2 Å². The first-order chi connectivity index (χ1) is 13.5. The van der Waals surface area contributed by atoms with Gasteiger partial charge in [-0.1, -0.05) is 13.0 Å². The minimum absolute atomic E-state index is 0.421. The number of rotatable bonds is 6. The predicted octanol–water partition coefficient (Wildman–Crippen LogP) is 2.36. The average Bonchev–Trinajstić information content (AvgIpc) is 3.26. The maximum atomic E-state index is 4.78. The van der Waals surface area contributed by atoms with Crippen molar-refractivity contribution in [1.29, 1.82) is 0 Å². The molecular formula is C21H33N7. The van der Waals surface area contributed by atoms with Crippen molar-refractivity contribution in [3.05, 3.63) is 42.1 Å². The van der Waals surface area contributed by atoms with Crippen LogP contribution >= 0.6 is 0 Å². The zero-order valence-corrected chi connectivity index (χ0v) is 17.7. The van der Waals surface area contributed by atoms with Crippen molar-refractivity contribution in [1.82, 2.24) is 30.1 Å². The van der Waals surface area contributed by atoms with E-state index in [2.05, 4.69) is 59.3 Å². The number of aliphatic imine (C=N–C) groups is 1. The molecule has 1 fully saturated rings. The molecule has 0 aromatic carbocycles. The summed E-state index contributed by atoms with van der Waals surface area (Å²) in [6.45, 7) is 14.5. The van der Waals surface area contributed by atoms with Crippen molar-refractivity contribution >= 4 is 5.96 Å². The minimum atomic E-state index is 0.421. The molecule has 152 valence electrons. The Balaban J connectivity index is 1.63. The molecule has 2 aromatic heterocycles. The first-order valence-electron chi connectivity index (χ1n) is 10.2. The zero-order chi connectivity index (χ0) is 20.1. The number of likely N-dealkylation sites (tertiary alicyclic amines) is 1. The lowest BCUT2D eigenvalue weighted by molar-refractivity contribution is 0.265. The van der Waals surface area contributed by atoms with Crippen LogP contribution in [0.3, 0.4) is 0 Å². The van der Waals surface area contributed by atoms with Crippen LogP contribution < -0.4 is 10.6 Å². The van der Waals surface area contributed by atoms with E-state index in [1.807, 2.05) is 30.0 Å². The topological polar surface area (TPSA) is 70.4 Å². The number of nitrogens with one attached hydrogen (secondary N) is 2. The van der Waals surface area contributed by atoms with Gasteiger partial charge in [-0.05, 0) is 45.2 Å². The Bertz CT molecular complexity index is 778. The fourth-order valence-electron chi connectivity index (χ4n) is 3.55. The highest BCUT2D eigenvalue weighted by atomic mass is 15.3. The van der Waals surface area contributed by atoms with Crippen LogP contribution in [0.15, 0.2) is 35.7 Å². The number of imidazole rings is 1. The van der Waals surface area contributed by atoms with Gasteiger partial charge >= 0.3 is 0 Å². The van der Waals surface area contributed by atoms with Gasteiger partial charge in [0.05, 0.1) is 6.54 Å². The lowest BCUT2D eigenvalue weighted by Crippen LogP contribution is -2.46. The highest BCUT2D eigenvalue weighted by Gasteiger charge is 2.31. The normalized spacial score (nSPS) is 20.7. The summed E-state index contributed by atoms with van der Waals surface area (Å²) in [6.07, 6.45) is 5.60. The van der Waals surface area contributed by atoms with E-state index in [1.165, 1.54) is 0 Å². The van der Waals surface area contributed by atoms with E-state index >= 15 is 0 Å². The quantitative estimate of drug-likeness (QED) is 0.592. The Hall–Kier alpha value is -2.41. The molecule has 2 N–H and O–H groups in total. The van der Waals surface area contributed by atoms with Crippen LogP contribution in [-0.2, 0) is 6.54 Å². The highest BCUT2D eigenvalue weighted by molar-refractivity contribution is 5.80. The number of guanidine groups is 1. The van der Waals surface area contributed by atoms with E-state index in [9.17, 15) is 0 Å². The molecule has 1 saturated heterocycles. The van der Waals surface area contributed by atoms with Gasteiger partial charge in [0.25, 0.3) is 0 Å². The Morgan fingerprint density at radius 1 is 1.29 bits per heavy atom. The molecule has 0 bridgehead atoms. The van der Waals surface area contributed by atoms with Crippen LogP contribution in [0, 0.1) is 12.8 Å². The molecule has 3 heterocycles. The van der Waals surface area contributed by atoms with Gasteiger partial charge in [0.15, 0.2) is 5.96 Å². The standard InChI is InChI=1S/C21H33N7/c1-6-22-21(26-19-14-27(15(2)3)13-16(19)4)25-12-18-7-8-20(24-11-18)28-10-9-23-17(28)5/h7-11,15-16,19H,6,12-14H2,1-5H3,(H2,22,25,26). The van der Waals surface area contributed by atoms with Gasteiger partial charge < -0.3 is 10.6 Å². The summed E-state index contributed by atoms with van der Waals surface area (Å²) in [4.78, 5) is 16.1. The number of nitrogens with zero attached hydrogens (tertiary/aromatic N) is 5. The van der Waals surface area contributed by atoms with E-state index in [-0.39, 0.29) is 0 Å². The number of aromatic nitrogens is 3. The smallest absolute Gasteiger partial charge is 0.191 e. The van der Waals surface area contributed by atoms with Crippen LogP contribution in [0.4, 0.5) is 0 Å². The zero-order valence-electron chi connectivity index (χ0n) is 17.7. The molecule has 28 heavy (non-hydrogen) atoms. The van der Waals surface area contributed by atoms with Crippen LogP contribution in [0.25, 0.3) is 5.82 Å². The molecule has 1 aliphatic rings. The molecule has 1 aliphatic heterocycles. The summed E-state index contributed by atoms with van der Waals surface area (Å²) in [6, 6.07) is 5.09. The first kappa shape index (κ1) is 20.3. The number of hydrogen-bond acceptors (Lipinski definition) is 4. The Labute approximate surface area is 168 Å². The van der Waals surface area contributed by atoms with Crippen molar-refractivity contribution in [2.24, 2.45) is 10.9 Å².